The molecule has 6 heteroatoms. The van der Waals surface area contributed by atoms with E-state index < -0.39 is 5.91 Å². The Labute approximate surface area is 115 Å². The summed E-state index contributed by atoms with van der Waals surface area (Å²) in [5, 5.41) is 3.25. The number of methoxy groups -OCH3 is 1. The number of anilines is 1. The number of benzene rings is 1. The fraction of sp³-hybridized carbons (Fsp3) is 0.231. The molecule has 0 aliphatic rings. The van der Waals surface area contributed by atoms with Crippen molar-refractivity contribution in [1.29, 1.82) is 0 Å². The van der Waals surface area contributed by atoms with Crippen molar-refractivity contribution in [3.63, 3.8) is 0 Å². The van der Waals surface area contributed by atoms with Crippen LogP contribution < -0.4 is 10.1 Å². The number of hydrogen-bond donors (Lipinski definition) is 1. The highest BCUT2D eigenvalue weighted by atomic mass is 35.5. The van der Waals surface area contributed by atoms with Crippen molar-refractivity contribution in [2.75, 3.05) is 12.4 Å². The van der Waals surface area contributed by atoms with Gasteiger partial charge in [-0.15, -0.1) is 0 Å². The van der Waals surface area contributed by atoms with E-state index in [0.29, 0.717) is 22.2 Å². The summed E-state index contributed by atoms with van der Waals surface area (Å²) >= 11 is 6.00. The first-order valence-electron chi connectivity index (χ1n) is 5.59. The molecule has 2 aromatic rings. The molecule has 0 aliphatic carbocycles. The average Bonchev–Trinajstić information content (AvgIpc) is 2.80. The predicted molar refractivity (Wildman–Crippen MR) is 71.9 cm³/mol. The molecule has 1 aromatic heterocycles. The minimum absolute atomic E-state index is 0.00663. The molecular formula is C13H13ClN2O3. The van der Waals surface area contributed by atoms with Crippen LogP contribution in [0, 0.1) is 13.8 Å². The van der Waals surface area contributed by atoms with E-state index in [1.807, 2.05) is 6.92 Å². The Hall–Kier alpha value is -2.01. The van der Waals surface area contributed by atoms with Crippen LogP contribution in [0.4, 0.5) is 5.69 Å². The quantitative estimate of drug-likeness (QED) is 0.938. The number of ether oxygens (including phenoxy) is 1. The average molecular weight is 281 g/mol. The maximum Gasteiger partial charge on any atom is 0.311 e. The molecule has 1 amide bonds. The van der Waals surface area contributed by atoms with Gasteiger partial charge in [0.1, 0.15) is 11.5 Å². The normalized spacial score (nSPS) is 10.3. The molecule has 2 rings (SSSR count). The van der Waals surface area contributed by atoms with Crippen LogP contribution in [0.15, 0.2) is 22.7 Å². The lowest BCUT2D eigenvalue weighted by molar-refractivity contribution is 0.0988. The van der Waals surface area contributed by atoms with Gasteiger partial charge in [0.15, 0.2) is 0 Å². The summed E-state index contributed by atoms with van der Waals surface area (Å²) in [5.41, 5.74) is 1.35. The monoisotopic (exact) mass is 280 g/mol. The van der Waals surface area contributed by atoms with E-state index in [1.54, 1.807) is 19.1 Å². The van der Waals surface area contributed by atoms with E-state index in [4.69, 9.17) is 20.8 Å². The van der Waals surface area contributed by atoms with Crippen LogP contribution in [0.5, 0.6) is 5.75 Å². The predicted octanol–water partition coefficient (Wildman–Crippen LogP) is 3.21. The lowest BCUT2D eigenvalue weighted by Crippen LogP contribution is -2.13. The van der Waals surface area contributed by atoms with E-state index in [9.17, 15) is 4.79 Å². The van der Waals surface area contributed by atoms with Crippen molar-refractivity contribution in [2.24, 2.45) is 0 Å². The molecule has 19 heavy (non-hydrogen) atoms. The van der Waals surface area contributed by atoms with E-state index in [1.165, 1.54) is 13.3 Å². The van der Waals surface area contributed by atoms with Crippen LogP contribution in [-0.2, 0) is 0 Å². The Morgan fingerprint density at radius 3 is 2.74 bits per heavy atom. The summed E-state index contributed by atoms with van der Waals surface area (Å²) in [6, 6.07) is 3.38. The molecule has 1 heterocycles. The molecule has 0 saturated heterocycles. The van der Waals surface area contributed by atoms with Crippen LogP contribution in [0.1, 0.15) is 22.0 Å². The number of rotatable bonds is 3. The van der Waals surface area contributed by atoms with Gasteiger partial charge >= 0.3 is 5.91 Å². The summed E-state index contributed by atoms with van der Waals surface area (Å²) in [6.07, 6.45) is 1.49. The second-order valence-electron chi connectivity index (χ2n) is 4.03. The molecule has 0 atom stereocenters. The number of aromatic nitrogens is 1. The summed E-state index contributed by atoms with van der Waals surface area (Å²) in [6.45, 7) is 3.56. The molecule has 1 N–H and O–H groups in total. The second kappa shape index (κ2) is 5.32. The highest BCUT2D eigenvalue weighted by Crippen LogP contribution is 2.31. The van der Waals surface area contributed by atoms with Gasteiger partial charge in [0, 0.05) is 11.1 Å². The van der Waals surface area contributed by atoms with Gasteiger partial charge in [0.2, 0.25) is 0 Å². The summed E-state index contributed by atoms with van der Waals surface area (Å²) < 4.78 is 10.3. The molecule has 100 valence electrons. The number of aryl methyl sites for hydroxylation is 2. The minimum Gasteiger partial charge on any atom is -0.495 e. The Bertz CT molecular complexity index is 622. The summed E-state index contributed by atoms with van der Waals surface area (Å²) in [7, 11) is 1.51. The fourth-order valence-electron chi connectivity index (χ4n) is 1.57. The highest BCUT2D eigenvalue weighted by Gasteiger charge is 2.15. The molecular weight excluding hydrogens is 268 g/mol. The van der Waals surface area contributed by atoms with Crippen molar-refractivity contribution in [3.05, 3.63) is 40.6 Å². The van der Waals surface area contributed by atoms with Gasteiger partial charge in [-0.1, -0.05) is 11.6 Å². The summed E-state index contributed by atoms with van der Waals surface area (Å²) in [5.74, 6) is 0.622. The van der Waals surface area contributed by atoms with Crippen LogP contribution in [0.2, 0.25) is 5.02 Å². The van der Waals surface area contributed by atoms with Crippen molar-refractivity contribution in [1.82, 2.24) is 4.98 Å². The minimum atomic E-state index is -0.437. The van der Waals surface area contributed by atoms with Crippen LogP contribution >= 0.6 is 11.6 Å². The topological polar surface area (TPSA) is 64.4 Å². The first kappa shape index (κ1) is 13.4. The zero-order valence-electron chi connectivity index (χ0n) is 10.8. The largest absolute Gasteiger partial charge is 0.495 e. The number of amides is 1. The Morgan fingerprint density at radius 1 is 1.42 bits per heavy atom. The maximum absolute atomic E-state index is 11.9. The first-order valence-corrected chi connectivity index (χ1v) is 5.97. The number of nitrogens with one attached hydrogen (secondary N) is 1. The summed E-state index contributed by atoms with van der Waals surface area (Å²) in [4.78, 5) is 15.8. The Kier molecular flexibility index (Phi) is 3.76. The molecule has 0 unspecified atom stereocenters. The van der Waals surface area contributed by atoms with Crippen molar-refractivity contribution in [2.45, 2.75) is 13.8 Å². The Morgan fingerprint density at radius 2 is 2.16 bits per heavy atom. The molecule has 0 radical (unpaired) electrons. The molecule has 0 bridgehead atoms. The van der Waals surface area contributed by atoms with Gasteiger partial charge in [-0.2, -0.15) is 0 Å². The standard InChI is InChI=1S/C13H13ClN2O3/c1-7-4-10(11(18-3)5-9(7)14)16-12(17)13-15-6-8(2)19-13/h4-6H,1-3H3,(H,16,17). The molecule has 0 aliphatic heterocycles. The van der Waals surface area contributed by atoms with Crippen molar-refractivity contribution >= 4 is 23.2 Å². The van der Waals surface area contributed by atoms with E-state index in [-0.39, 0.29) is 5.89 Å². The van der Waals surface area contributed by atoms with E-state index in [2.05, 4.69) is 10.3 Å². The third kappa shape index (κ3) is 2.88. The molecule has 5 nitrogen and oxygen atoms in total. The number of oxazole rings is 1. The van der Waals surface area contributed by atoms with Crippen LogP contribution in [0.25, 0.3) is 0 Å². The SMILES string of the molecule is COc1cc(Cl)c(C)cc1NC(=O)c1ncc(C)o1. The zero-order valence-corrected chi connectivity index (χ0v) is 11.5. The smallest absolute Gasteiger partial charge is 0.311 e. The third-order valence-corrected chi connectivity index (χ3v) is 2.95. The van der Waals surface area contributed by atoms with Crippen molar-refractivity contribution < 1.29 is 13.9 Å². The van der Waals surface area contributed by atoms with Gasteiger partial charge in [-0.25, -0.2) is 4.98 Å². The number of halogens is 1. The van der Waals surface area contributed by atoms with Crippen LogP contribution in [0.3, 0.4) is 0 Å². The van der Waals surface area contributed by atoms with Crippen LogP contribution in [-0.4, -0.2) is 18.0 Å². The highest BCUT2D eigenvalue weighted by molar-refractivity contribution is 6.31. The van der Waals surface area contributed by atoms with Gasteiger partial charge < -0.3 is 14.5 Å². The molecule has 0 fully saturated rings. The molecule has 0 spiro atoms. The first-order chi connectivity index (χ1) is 9.01. The van der Waals surface area contributed by atoms with Gasteiger partial charge in [-0.3, -0.25) is 4.79 Å². The van der Waals surface area contributed by atoms with Crippen molar-refractivity contribution in [3.8, 4) is 5.75 Å². The second-order valence-corrected chi connectivity index (χ2v) is 4.44. The number of carbonyl (C=O) groups is 1. The van der Waals surface area contributed by atoms with E-state index >= 15 is 0 Å². The number of nitrogens with zero attached hydrogens (tertiary/aromatic N) is 1. The lowest BCUT2D eigenvalue weighted by Gasteiger charge is -2.11. The number of hydrogen-bond acceptors (Lipinski definition) is 4. The van der Waals surface area contributed by atoms with Gasteiger partial charge in [-0.05, 0) is 25.5 Å². The maximum atomic E-state index is 11.9. The molecule has 0 saturated carbocycles. The zero-order chi connectivity index (χ0) is 14.0. The number of carbonyl (C=O) groups excluding carboxylic acids is 1. The lowest BCUT2D eigenvalue weighted by atomic mass is 10.2. The molecule has 1 aromatic carbocycles. The van der Waals surface area contributed by atoms with Gasteiger partial charge in [0.25, 0.3) is 5.89 Å². The van der Waals surface area contributed by atoms with Gasteiger partial charge in [0.05, 0.1) is 19.0 Å². The Balaban J connectivity index is 2.28. The fourth-order valence-corrected chi connectivity index (χ4v) is 1.72. The third-order valence-electron chi connectivity index (χ3n) is 2.54. The van der Waals surface area contributed by atoms with E-state index in [0.717, 1.165) is 5.56 Å².